The first-order valence-electron chi connectivity index (χ1n) is 7.86. The number of hydrogen-bond acceptors (Lipinski definition) is 8. The molecule has 0 spiro atoms. The molecule has 1 aliphatic heterocycles. The molecule has 4 heterocycles. The highest BCUT2D eigenvalue weighted by molar-refractivity contribution is 7.17. The molecule has 126 valence electrons. The zero-order chi connectivity index (χ0) is 16.4. The van der Waals surface area contributed by atoms with Crippen LogP contribution in [0.3, 0.4) is 0 Å². The van der Waals surface area contributed by atoms with E-state index in [1.165, 1.54) is 0 Å². The number of rotatable bonds is 5. The third-order valence-electron chi connectivity index (χ3n) is 4.07. The van der Waals surface area contributed by atoms with E-state index in [4.69, 9.17) is 0 Å². The molecule has 0 radical (unpaired) electrons. The molecule has 1 saturated heterocycles. The van der Waals surface area contributed by atoms with Gasteiger partial charge in [0.05, 0.1) is 6.54 Å². The molecule has 0 atom stereocenters. The number of aromatic nitrogens is 4. The predicted molar refractivity (Wildman–Crippen MR) is 98.4 cm³/mol. The Labute approximate surface area is 148 Å². The highest BCUT2D eigenvalue weighted by atomic mass is 32.1. The minimum absolute atomic E-state index is 0.712. The summed E-state index contributed by atoms with van der Waals surface area (Å²) in [5.74, 6) is 0. The Hall–Kier alpha value is -1.97. The highest BCUT2D eigenvalue weighted by Crippen LogP contribution is 2.25. The molecule has 3 aromatic rings. The van der Waals surface area contributed by atoms with Gasteiger partial charge in [0.1, 0.15) is 0 Å². The molecule has 24 heavy (non-hydrogen) atoms. The molecule has 1 fully saturated rings. The molecule has 0 amide bonds. The lowest BCUT2D eigenvalue weighted by Crippen LogP contribution is -2.44. The number of hydrogen-bond donors (Lipinski definition) is 1. The summed E-state index contributed by atoms with van der Waals surface area (Å²) in [6, 6.07) is 4.13. The van der Waals surface area contributed by atoms with Crippen molar-refractivity contribution in [3.05, 3.63) is 35.6 Å². The molecule has 0 unspecified atom stereocenters. The SMILES string of the molecule is CN1CCN(c2nnc(-n3cccc3CNc3nccs3)s2)CC1. The average Bonchev–Trinajstić information content (AvgIpc) is 3.34. The number of anilines is 2. The number of nitrogens with zero attached hydrogens (tertiary/aromatic N) is 6. The van der Waals surface area contributed by atoms with Crippen molar-refractivity contribution in [2.45, 2.75) is 6.54 Å². The fourth-order valence-corrected chi connectivity index (χ4v) is 4.10. The molecular weight excluding hydrogens is 342 g/mol. The quantitative estimate of drug-likeness (QED) is 0.751. The summed E-state index contributed by atoms with van der Waals surface area (Å²) in [5, 5.41) is 16.9. The monoisotopic (exact) mass is 361 g/mol. The minimum Gasteiger partial charge on any atom is -0.356 e. The topological polar surface area (TPSA) is 62.1 Å². The van der Waals surface area contributed by atoms with Crippen molar-refractivity contribution in [2.75, 3.05) is 43.4 Å². The maximum Gasteiger partial charge on any atom is 0.218 e. The minimum atomic E-state index is 0.712. The lowest BCUT2D eigenvalue weighted by Gasteiger charge is -2.31. The van der Waals surface area contributed by atoms with Gasteiger partial charge in [0.15, 0.2) is 5.13 Å². The second kappa shape index (κ2) is 6.88. The van der Waals surface area contributed by atoms with Gasteiger partial charge in [-0.1, -0.05) is 11.3 Å². The fourth-order valence-electron chi connectivity index (χ4n) is 2.65. The Bertz CT molecular complexity index is 771. The molecule has 0 saturated carbocycles. The molecule has 9 heteroatoms. The molecule has 0 aliphatic carbocycles. The number of nitrogens with one attached hydrogen (secondary N) is 1. The zero-order valence-corrected chi connectivity index (χ0v) is 15.1. The van der Waals surface area contributed by atoms with Gasteiger partial charge >= 0.3 is 0 Å². The van der Waals surface area contributed by atoms with Crippen molar-refractivity contribution in [1.29, 1.82) is 0 Å². The third-order valence-corrected chi connectivity index (χ3v) is 5.78. The highest BCUT2D eigenvalue weighted by Gasteiger charge is 2.19. The van der Waals surface area contributed by atoms with E-state index >= 15 is 0 Å². The van der Waals surface area contributed by atoms with Crippen molar-refractivity contribution in [3.8, 4) is 5.13 Å². The molecule has 1 N–H and O–H groups in total. The van der Waals surface area contributed by atoms with Gasteiger partial charge in [0.25, 0.3) is 0 Å². The van der Waals surface area contributed by atoms with Gasteiger partial charge in [-0.25, -0.2) is 4.98 Å². The zero-order valence-electron chi connectivity index (χ0n) is 13.4. The van der Waals surface area contributed by atoms with E-state index < -0.39 is 0 Å². The molecular formula is C15H19N7S2. The van der Waals surface area contributed by atoms with Crippen LogP contribution < -0.4 is 10.2 Å². The smallest absolute Gasteiger partial charge is 0.218 e. The summed E-state index contributed by atoms with van der Waals surface area (Å²) in [5.41, 5.74) is 1.14. The second-order valence-corrected chi connectivity index (χ2v) is 7.55. The summed E-state index contributed by atoms with van der Waals surface area (Å²) in [4.78, 5) is 8.91. The standard InChI is InChI=1S/C15H19N7S2/c1-20-6-8-21(9-7-20)14-18-19-15(24-14)22-5-2-3-12(22)11-17-13-16-4-10-23-13/h2-5,10H,6-9,11H2,1H3,(H,16,17). The van der Waals surface area contributed by atoms with E-state index in [1.54, 1.807) is 28.9 Å². The Morgan fingerprint density at radius 1 is 1.17 bits per heavy atom. The van der Waals surface area contributed by atoms with Crippen LogP contribution >= 0.6 is 22.7 Å². The Morgan fingerprint density at radius 3 is 2.79 bits per heavy atom. The summed E-state index contributed by atoms with van der Waals surface area (Å²) >= 11 is 3.25. The van der Waals surface area contributed by atoms with Crippen molar-refractivity contribution in [2.24, 2.45) is 0 Å². The predicted octanol–water partition coefficient (Wildman–Crippen LogP) is 2.15. The van der Waals surface area contributed by atoms with Gasteiger partial charge in [-0.15, -0.1) is 21.5 Å². The van der Waals surface area contributed by atoms with Crippen molar-refractivity contribution >= 4 is 32.9 Å². The Morgan fingerprint density at radius 2 is 2.00 bits per heavy atom. The first kappa shape index (κ1) is 15.6. The Kier molecular flexibility index (Phi) is 4.46. The van der Waals surface area contributed by atoms with E-state index in [1.807, 2.05) is 17.6 Å². The summed E-state index contributed by atoms with van der Waals surface area (Å²) in [7, 11) is 2.16. The van der Waals surface area contributed by atoms with Crippen LogP contribution in [0.5, 0.6) is 0 Å². The summed E-state index contributed by atoms with van der Waals surface area (Å²) in [6.45, 7) is 4.87. The first-order chi connectivity index (χ1) is 11.8. The van der Waals surface area contributed by atoms with Crippen molar-refractivity contribution in [1.82, 2.24) is 24.6 Å². The molecule has 0 bridgehead atoms. The largest absolute Gasteiger partial charge is 0.356 e. The summed E-state index contributed by atoms with van der Waals surface area (Å²) < 4.78 is 2.10. The molecule has 3 aromatic heterocycles. The summed E-state index contributed by atoms with van der Waals surface area (Å²) in [6.07, 6.45) is 3.84. The van der Waals surface area contributed by atoms with Crippen LogP contribution in [0.2, 0.25) is 0 Å². The normalized spacial score (nSPS) is 15.8. The van der Waals surface area contributed by atoms with E-state index in [-0.39, 0.29) is 0 Å². The molecule has 4 rings (SSSR count). The number of thiazole rings is 1. The first-order valence-corrected chi connectivity index (χ1v) is 9.56. The molecule has 1 aliphatic rings. The van der Waals surface area contributed by atoms with Crippen LogP contribution in [0.1, 0.15) is 5.69 Å². The number of likely N-dealkylation sites (N-methyl/N-ethyl adjacent to an activating group) is 1. The van der Waals surface area contributed by atoms with Crippen LogP contribution in [-0.4, -0.2) is 57.9 Å². The maximum absolute atomic E-state index is 4.40. The number of piperazine rings is 1. The van der Waals surface area contributed by atoms with Crippen LogP contribution in [0.4, 0.5) is 10.3 Å². The van der Waals surface area contributed by atoms with Gasteiger partial charge in [0, 0.05) is 49.6 Å². The second-order valence-electron chi connectivity index (χ2n) is 5.72. The van der Waals surface area contributed by atoms with Crippen LogP contribution in [0.15, 0.2) is 29.9 Å². The van der Waals surface area contributed by atoms with Crippen molar-refractivity contribution in [3.63, 3.8) is 0 Å². The van der Waals surface area contributed by atoms with Gasteiger partial charge in [-0.3, -0.25) is 4.57 Å². The van der Waals surface area contributed by atoms with Crippen LogP contribution in [0.25, 0.3) is 5.13 Å². The van der Waals surface area contributed by atoms with Crippen LogP contribution in [-0.2, 0) is 6.54 Å². The third kappa shape index (κ3) is 3.28. The van der Waals surface area contributed by atoms with E-state index in [0.717, 1.165) is 47.3 Å². The molecule has 7 nitrogen and oxygen atoms in total. The van der Waals surface area contributed by atoms with Gasteiger partial charge in [0.2, 0.25) is 10.3 Å². The van der Waals surface area contributed by atoms with E-state index in [9.17, 15) is 0 Å². The molecule has 0 aromatic carbocycles. The van der Waals surface area contributed by atoms with Crippen LogP contribution in [0, 0.1) is 0 Å². The van der Waals surface area contributed by atoms with Crippen molar-refractivity contribution < 1.29 is 0 Å². The fraction of sp³-hybridized carbons (Fsp3) is 0.400. The van der Waals surface area contributed by atoms with Gasteiger partial charge in [-0.2, -0.15) is 0 Å². The van der Waals surface area contributed by atoms with E-state index in [0.29, 0.717) is 6.54 Å². The maximum atomic E-state index is 4.40. The lowest BCUT2D eigenvalue weighted by molar-refractivity contribution is 0.312. The Balaban J connectivity index is 1.47. The van der Waals surface area contributed by atoms with Gasteiger partial charge < -0.3 is 15.1 Å². The average molecular weight is 362 g/mol. The van der Waals surface area contributed by atoms with E-state index in [2.05, 4.69) is 48.0 Å². The van der Waals surface area contributed by atoms with Gasteiger partial charge in [-0.05, 0) is 19.2 Å². The lowest BCUT2D eigenvalue weighted by atomic mass is 10.3.